The van der Waals surface area contributed by atoms with E-state index in [0.717, 1.165) is 5.56 Å². The van der Waals surface area contributed by atoms with E-state index >= 15 is 0 Å². The number of aromatic nitrogens is 3. The summed E-state index contributed by atoms with van der Waals surface area (Å²) in [6.45, 7) is 7.69. The highest BCUT2D eigenvalue weighted by molar-refractivity contribution is 5.93. The zero-order valence-corrected chi connectivity index (χ0v) is 19.3. The van der Waals surface area contributed by atoms with Crippen molar-refractivity contribution in [1.29, 1.82) is 0 Å². The van der Waals surface area contributed by atoms with E-state index in [1.165, 1.54) is 0 Å². The van der Waals surface area contributed by atoms with Gasteiger partial charge in [-0.1, -0.05) is 51.1 Å². The molecule has 0 N–H and O–H groups in total. The molecule has 3 heterocycles. The number of pyridine rings is 1. The Hall–Kier alpha value is -3.55. The van der Waals surface area contributed by atoms with Crippen LogP contribution in [0.15, 0.2) is 53.5 Å². The van der Waals surface area contributed by atoms with Gasteiger partial charge in [-0.05, 0) is 24.1 Å². The van der Waals surface area contributed by atoms with Crippen LogP contribution in [0.25, 0.3) is 11.2 Å². The van der Waals surface area contributed by atoms with Gasteiger partial charge in [-0.3, -0.25) is 19.0 Å². The Morgan fingerprint density at radius 2 is 1.61 bits per heavy atom. The van der Waals surface area contributed by atoms with E-state index in [2.05, 4.69) is 9.97 Å². The molecule has 3 aromatic rings. The van der Waals surface area contributed by atoms with E-state index < -0.39 is 16.9 Å². The molecule has 2 amide bonds. The number of hydrogen-bond donors (Lipinski definition) is 0. The van der Waals surface area contributed by atoms with Crippen LogP contribution in [0, 0.1) is 5.41 Å². The zero-order valence-electron chi connectivity index (χ0n) is 19.3. The summed E-state index contributed by atoms with van der Waals surface area (Å²) in [6.07, 6.45) is 2.26. The van der Waals surface area contributed by atoms with Crippen LogP contribution in [0.4, 0.5) is 0 Å². The predicted octanol–water partition coefficient (Wildman–Crippen LogP) is 2.36. The Labute approximate surface area is 192 Å². The molecule has 8 nitrogen and oxygen atoms in total. The van der Waals surface area contributed by atoms with Crippen molar-refractivity contribution in [2.24, 2.45) is 5.41 Å². The van der Waals surface area contributed by atoms with Crippen molar-refractivity contribution in [1.82, 2.24) is 24.3 Å². The van der Waals surface area contributed by atoms with Gasteiger partial charge in [0.25, 0.3) is 11.5 Å². The number of carbonyl (C=O) groups excluding carboxylic acids is 2. The van der Waals surface area contributed by atoms with Gasteiger partial charge in [-0.2, -0.15) is 0 Å². The van der Waals surface area contributed by atoms with Crippen LogP contribution in [0.3, 0.4) is 0 Å². The molecule has 0 unspecified atom stereocenters. The second-order valence-corrected chi connectivity index (χ2v) is 9.33. The lowest BCUT2D eigenvalue weighted by Gasteiger charge is -2.37. The number of piperazine rings is 1. The second-order valence-electron chi connectivity index (χ2n) is 9.33. The fraction of sp³-hybridized carbons (Fsp3) is 0.400. The van der Waals surface area contributed by atoms with Crippen molar-refractivity contribution in [3.8, 4) is 0 Å². The summed E-state index contributed by atoms with van der Waals surface area (Å²) in [7, 11) is 0. The highest BCUT2D eigenvalue weighted by Crippen LogP contribution is 2.19. The Morgan fingerprint density at radius 3 is 2.27 bits per heavy atom. The van der Waals surface area contributed by atoms with E-state index in [-0.39, 0.29) is 11.6 Å². The molecule has 1 aliphatic heterocycles. The predicted molar refractivity (Wildman–Crippen MR) is 126 cm³/mol. The topological polar surface area (TPSA) is 88.4 Å². The van der Waals surface area contributed by atoms with Gasteiger partial charge in [-0.25, -0.2) is 9.97 Å². The summed E-state index contributed by atoms with van der Waals surface area (Å²) in [6, 6.07) is 13.4. The molecule has 0 radical (unpaired) electrons. The Morgan fingerprint density at radius 1 is 0.939 bits per heavy atom. The van der Waals surface area contributed by atoms with Crippen molar-refractivity contribution >= 4 is 23.0 Å². The van der Waals surface area contributed by atoms with Gasteiger partial charge >= 0.3 is 0 Å². The maximum absolute atomic E-state index is 13.3. The maximum Gasteiger partial charge on any atom is 0.283 e. The number of aryl methyl sites for hydroxylation is 2. The van der Waals surface area contributed by atoms with Gasteiger partial charge in [0.1, 0.15) is 5.52 Å². The lowest BCUT2D eigenvalue weighted by molar-refractivity contribution is -0.140. The number of hydrogen-bond acceptors (Lipinski definition) is 5. The summed E-state index contributed by atoms with van der Waals surface area (Å²) in [5, 5.41) is 0. The third-order valence-electron chi connectivity index (χ3n) is 5.87. The minimum atomic E-state index is -0.467. The van der Waals surface area contributed by atoms with Crippen molar-refractivity contribution in [3.63, 3.8) is 0 Å². The third kappa shape index (κ3) is 4.79. The highest BCUT2D eigenvalue weighted by Gasteiger charge is 2.32. The molecule has 1 aromatic carbocycles. The highest BCUT2D eigenvalue weighted by atomic mass is 16.2. The smallest absolute Gasteiger partial charge is 0.283 e. The second kappa shape index (κ2) is 9.13. The molecule has 2 aromatic heterocycles. The van der Waals surface area contributed by atoms with Crippen LogP contribution in [0.5, 0.6) is 0 Å². The summed E-state index contributed by atoms with van der Waals surface area (Å²) in [4.78, 5) is 51.3. The van der Waals surface area contributed by atoms with Crippen molar-refractivity contribution < 1.29 is 9.59 Å². The molecule has 1 fully saturated rings. The monoisotopic (exact) mass is 447 g/mol. The number of benzene rings is 1. The average molecular weight is 448 g/mol. The van der Waals surface area contributed by atoms with Gasteiger partial charge in [0.15, 0.2) is 11.3 Å². The summed E-state index contributed by atoms with van der Waals surface area (Å²) in [5.74, 6) is -0.338. The van der Waals surface area contributed by atoms with Gasteiger partial charge in [0.05, 0.1) is 0 Å². The first-order chi connectivity index (χ1) is 15.8. The van der Waals surface area contributed by atoms with Crippen LogP contribution in [-0.4, -0.2) is 62.3 Å². The minimum Gasteiger partial charge on any atom is -0.339 e. The quantitative estimate of drug-likeness (QED) is 0.613. The van der Waals surface area contributed by atoms with Gasteiger partial charge in [-0.15, -0.1) is 0 Å². The molecular formula is C25H29N5O3. The molecule has 172 valence electrons. The van der Waals surface area contributed by atoms with E-state index in [1.807, 2.05) is 51.1 Å². The normalized spacial score (nSPS) is 14.5. The molecule has 0 atom stereocenters. The van der Waals surface area contributed by atoms with Crippen LogP contribution in [0.1, 0.15) is 36.8 Å². The lowest BCUT2D eigenvalue weighted by Crippen LogP contribution is -2.53. The van der Waals surface area contributed by atoms with Crippen LogP contribution < -0.4 is 5.56 Å². The summed E-state index contributed by atoms with van der Waals surface area (Å²) >= 11 is 0. The number of amides is 2. The molecule has 0 bridgehead atoms. The molecular weight excluding hydrogens is 418 g/mol. The Balaban J connectivity index is 1.59. The largest absolute Gasteiger partial charge is 0.339 e. The molecule has 4 rings (SSSR count). The lowest BCUT2D eigenvalue weighted by atomic mass is 9.94. The van der Waals surface area contributed by atoms with Crippen molar-refractivity contribution in [2.45, 2.75) is 33.7 Å². The average Bonchev–Trinajstić information content (AvgIpc) is 2.82. The van der Waals surface area contributed by atoms with E-state index in [9.17, 15) is 14.4 Å². The molecule has 0 saturated carbocycles. The number of fused-ring (bicyclic) bond motifs is 1. The Kier molecular flexibility index (Phi) is 6.26. The first kappa shape index (κ1) is 22.6. The van der Waals surface area contributed by atoms with Gasteiger partial charge in [0, 0.05) is 44.3 Å². The minimum absolute atomic E-state index is 0.0628. The fourth-order valence-electron chi connectivity index (χ4n) is 4.05. The number of carbonyl (C=O) groups is 2. The van der Waals surface area contributed by atoms with Crippen LogP contribution >= 0.6 is 0 Å². The zero-order chi connectivity index (χ0) is 23.6. The maximum atomic E-state index is 13.3. The first-order valence-electron chi connectivity index (χ1n) is 11.2. The molecule has 1 aliphatic rings. The van der Waals surface area contributed by atoms with E-state index in [1.54, 1.807) is 32.7 Å². The summed E-state index contributed by atoms with van der Waals surface area (Å²) in [5.41, 5.74) is 1.07. The van der Waals surface area contributed by atoms with E-state index in [4.69, 9.17) is 0 Å². The fourth-order valence-corrected chi connectivity index (χ4v) is 4.05. The molecule has 1 saturated heterocycles. The summed E-state index contributed by atoms with van der Waals surface area (Å²) < 4.78 is 1.54. The molecule has 0 aliphatic carbocycles. The standard InChI is InChI=1S/C25H29N5O3/c1-25(2,3)24(33)29-16-14-28(15-17-29)22(31)20-23(32)30(13-11-18-8-5-4-6-9-18)21-19(27-20)10-7-12-26-21/h4-10,12H,11,13-17H2,1-3H3. The van der Waals surface area contributed by atoms with E-state index in [0.29, 0.717) is 50.3 Å². The van der Waals surface area contributed by atoms with Crippen LogP contribution in [0.2, 0.25) is 0 Å². The number of nitrogens with zero attached hydrogens (tertiary/aromatic N) is 5. The first-order valence-corrected chi connectivity index (χ1v) is 11.2. The van der Waals surface area contributed by atoms with Gasteiger partial charge < -0.3 is 9.80 Å². The number of rotatable bonds is 4. The molecule has 8 heteroatoms. The van der Waals surface area contributed by atoms with Crippen molar-refractivity contribution in [2.75, 3.05) is 26.2 Å². The van der Waals surface area contributed by atoms with Gasteiger partial charge in [0.2, 0.25) is 5.91 Å². The van der Waals surface area contributed by atoms with Crippen molar-refractivity contribution in [3.05, 3.63) is 70.3 Å². The SMILES string of the molecule is CC(C)(C)C(=O)N1CCN(C(=O)c2nc3cccnc3n(CCc3ccccc3)c2=O)CC1. The molecule has 33 heavy (non-hydrogen) atoms. The Bertz CT molecular complexity index is 1220. The third-order valence-corrected chi connectivity index (χ3v) is 5.87. The molecule has 0 spiro atoms. The van der Waals surface area contributed by atoms with Crippen LogP contribution in [-0.2, 0) is 17.8 Å².